The lowest BCUT2D eigenvalue weighted by Crippen LogP contribution is -2.50. The number of rotatable bonds is 6. The largest absolute Gasteiger partial charge is 0.497 e. The molecule has 2 amide bonds. The summed E-state index contributed by atoms with van der Waals surface area (Å²) in [5.74, 6) is 2.73. The summed E-state index contributed by atoms with van der Waals surface area (Å²) in [5, 5.41) is 2.92. The summed E-state index contributed by atoms with van der Waals surface area (Å²) in [6.07, 6.45) is 0. The van der Waals surface area contributed by atoms with Crippen molar-refractivity contribution in [2.45, 2.75) is 0 Å². The highest BCUT2D eigenvalue weighted by Crippen LogP contribution is 2.33. The van der Waals surface area contributed by atoms with E-state index in [9.17, 15) is 4.79 Å². The third kappa shape index (κ3) is 4.59. The van der Waals surface area contributed by atoms with E-state index in [1.807, 2.05) is 18.2 Å². The quantitative estimate of drug-likeness (QED) is 0.802. The zero-order valence-electron chi connectivity index (χ0n) is 17.2. The van der Waals surface area contributed by atoms with Crippen molar-refractivity contribution in [1.29, 1.82) is 0 Å². The van der Waals surface area contributed by atoms with Gasteiger partial charge in [0.15, 0.2) is 0 Å². The van der Waals surface area contributed by atoms with E-state index in [1.54, 1.807) is 51.5 Å². The summed E-state index contributed by atoms with van der Waals surface area (Å²) in [6.45, 7) is 2.58. The normalized spacial score (nSPS) is 13.7. The van der Waals surface area contributed by atoms with Crippen LogP contribution in [0.25, 0.3) is 0 Å². The number of urea groups is 1. The Balaban J connectivity index is 1.65. The van der Waals surface area contributed by atoms with Crippen molar-refractivity contribution in [3.8, 4) is 23.0 Å². The summed E-state index contributed by atoms with van der Waals surface area (Å²) in [6, 6.07) is 10.9. The molecule has 29 heavy (non-hydrogen) atoms. The van der Waals surface area contributed by atoms with E-state index >= 15 is 0 Å². The van der Waals surface area contributed by atoms with Crippen LogP contribution in [0.5, 0.6) is 23.0 Å². The second-order valence-corrected chi connectivity index (χ2v) is 6.51. The molecule has 1 N–H and O–H groups in total. The minimum atomic E-state index is -0.169. The number of benzene rings is 2. The fourth-order valence-corrected chi connectivity index (χ4v) is 3.30. The lowest BCUT2D eigenvalue weighted by molar-refractivity contribution is 0.208. The van der Waals surface area contributed by atoms with Crippen molar-refractivity contribution >= 4 is 17.4 Å². The molecule has 0 radical (unpaired) electrons. The van der Waals surface area contributed by atoms with Gasteiger partial charge in [0.2, 0.25) is 0 Å². The van der Waals surface area contributed by atoms with E-state index in [-0.39, 0.29) is 6.03 Å². The molecule has 8 heteroatoms. The molecule has 0 spiro atoms. The number of piperazine rings is 1. The molecule has 0 aliphatic carbocycles. The van der Waals surface area contributed by atoms with Gasteiger partial charge in [-0.3, -0.25) is 0 Å². The molecule has 1 saturated heterocycles. The van der Waals surface area contributed by atoms with Crippen LogP contribution < -0.4 is 29.2 Å². The van der Waals surface area contributed by atoms with Gasteiger partial charge in [0.25, 0.3) is 0 Å². The average Bonchev–Trinajstić information content (AvgIpc) is 2.78. The molecule has 2 aromatic rings. The van der Waals surface area contributed by atoms with Gasteiger partial charge >= 0.3 is 6.03 Å². The first kappa shape index (κ1) is 20.4. The molecular weight excluding hydrogens is 374 g/mol. The Morgan fingerprint density at radius 1 is 0.793 bits per heavy atom. The van der Waals surface area contributed by atoms with Crippen molar-refractivity contribution in [2.75, 3.05) is 64.8 Å². The SMILES string of the molecule is COc1ccc(OC)c(NC(=O)N2CCN(c3ccc(OC)cc3OC)CC2)c1. The second kappa shape index (κ2) is 9.27. The zero-order valence-corrected chi connectivity index (χ0v) is 17.2. The standard InChI is InChI=1S/C21H27N3O5/c1-26-15-6-8-19(28-3)17(13-15)22-21(25)24-11-9-23(10-12-24)18-7-5-16(27-2)14-20(18)29-4/h5-8,13-14H,9-12H2,1-4H3,(H,22,25). The van der Waals surface area contributed by atoms with Crippen molar-refractivity contribution in [3.05, 3.63) is 36.4 Å². The highest BCUT2D eigenvalue weighted by molar-refractivity contribution is 5.91. The average molecular weight is 401 g/mol. The molecule has 1 heterocycles. The topological polar surface area (TPSA) is 72.5 Å². The van der Waals surface area contributed by atoms with E-state index in [1.165, 1.54) is 0 Å². The molecule has 1 aliphatic rings. The number of amides is 2. The smallest absolute Gasteiger partial charge is 0.322 e. The van der Waals surface area contributed by atoms with Gasteiger partial charge in [0.05, 0.1) is 39.8 Å². The first-order valence-corrected chi connectivity index (χ1v) is 9.34. The Labute approximate surface area is 170 Å². The molecule has 0 saturated carbocycles. The Morgan fingerprint density at radius 2 is 1.41 bits per heavy atom. The van der Waals surface area contributed by atoms with Crippen molar-refractivity contribution in [3.63, 3.8) is 0 Å². The predicted molar refractivity (Wildman–Crippen MR) is 112 cm³/mol. The number of nitrogens with one attached hydrogen (secondary N) is 1. The molecule has 3 rings (SSSR count). The molecule has 1 fully saturated rings. The van der Waals surface area contributed by atoms with Gasteiger partial charge in [-0.25, -0.2) is 4.79 Å². The Hall–Kier alpha value is -3.29. The molecule has 0 unspecified atom stereocenters. The molecule has 156 valence electrons. The highest BCUT2D eigenvalue weighted by atomic mass is 16.5. The van der Waals surface area contributed by atoms with Gasteiger partial charge < -0.3 is 34.1 Å². The summed E-state index contributed by atoms with van der Waals surface area (Å²) in [5.41, 5.74) is 1.57. The maximum absolute atomic E-state index is 12.7. The molecule has 2 aromatic carbocycles. The summed E-state index contributed by atoms with van der Waals surface area (Å²) < 4.78 is 21.3. The number of carbonyl (C=O) groups is 1. The van der Waals surface area contributed by atoms with Crippen LogP contribution >= 0.6 is 0 Å². The van der Waals surface area contributed by atoms with E-state index in [4.69, 9.17) is 18.9 Å². The lowest BCUT2D eigenvalue weighted by atomic mass is 10.2. The van der Waals surface area contributed by atoms with Crippen LogP contribution in [0.4, 0.5) is 16.2 Å². The number of methoxy groups -OCH3 is 4. The van der Waals surface area contributed by atoms with Crippen LogP contribution in [0.2, 0.25) is 0 Å². The lowest BCUT2D eigenvalue weighted by Gasteiger charge is -2.36. The van der Waals surface area contributed by atoms with Crippen LogP contribution in [-0.4, -0.2) is 65.5 Å². The maximum Gasteiger partial charge on any atom is 0.322 e. The van der Waals surface area contributed by atoms with Gasteiger partial charge in [-0.2, -0.15) is 0 Å². The van der Waals surface area contributed by atoms with Crippen molar-refractivity contribution in [1.82, 2.24) is 4.90 Å². The van der Waals surface area contributed by atoms with Gasteiger partial charge in [0.1, 0.15) is 23.0 Å². The number of carbonyl (C=O) groups excluding carboxylic acids is 1. The minimum Gasteiger partial charge on any atom is -0.497 e. The first-order valence-electron chi connectivity index (χ1n) is 9.34. The number of hydrogen-bond acceptors (Lipinski definition) is 6. The number of nitrogens with zero attached hydrogens (tertiary/aromatic N) is 2. The fourth-order valence-electron chi connectivity index (χ4n) is 3.30. The third-order valence-electron chi connectivity index (χ3n) is 4.94. The molecule has 1 aliphatic heterocycles. The first-order chi connectivity index (χ1) is 14.1. The van der Waals surface area contributed by atoms with Crippen LogP contribution in [0.1, 0.15) is 0 Å². The fraction of sp³-hybridized carbons (Fsp3) is 0.381. The van der Waals surface area contributed by atoms with E-state index in [0.29, 0.717) is 43.4 Å². The minimum absolute atomic E-state index is 0.169. The molecule has 0 aromatic heterocycles. The number of ether oxygens (including phenoxy) is 4. The number of anilines is 2. The molecule has 8 nitrogen and oxygen atoms in total. The van der Waals surface area contributed by atoms with Gasteiger partial charge in [0, 0.05) is 38.3 Å². The summed E-state index contributed by atoms with van der Waals surface area (Å²) in [7, 11) is 6.42. The van der Waals surface area contributed by atoms with E-state index in [0.717, 1.165) is 17.2 Å². The highest BCUT2D eigenvalue weighted by Gasteiger charge is 2.24. The maximum atomic E-state index is 12.7. The predicted octanol–water partition coefficient (Wildman–Crippen LogP) is 3.08. The monoisotopic (exact) mass is 401 g/mol. The van der Waals surface area contributed by atoms with E-state index < -0.39 is 0 Å². The Bertz CT molecular complexity index is 850. The van der Waals surface area contributed by atoms with Crippen LogP contribution in [-0.2, 0) is 0 Å². The van der Waals surface area contributed by atoms with E-state index in [2.05, 4.69) is 10.2 Å². The Morgan fingerprint density at radius 3 is 2.03 bits per heavy atom. The molecular formula is C21H27N3O5. The summed E-state index contributed by atoms with van der Waals surface area (Å²) >= 11 is 0. The van der Waals surface area contributed by atoms with Gasteiger partial charge in [-0.15, -0.1) is 0 Å². The molecule has 0 bridgehead atoms. The van der Waals surface area contributed by atoms with Crippen molar-refractivity contribution in [2.24, 2.45) is 0 Å². The van der Waals surface area contributed by atoms with Crippen LogP contribution in [0, 0.1) is 0 Å². The third-order valence-corrected chi connectivity index (χ3v) is 4.94. The van der Waals surface area contributed by atoms with Gasteiger partial charge in [-0.05, 0) is 24.3 Å². The molecule has 0 atom stereocenters. The number of hydrogen-bond donors (Lipinski definition) is 1. The van der Waals surface area contributed by atoms with Gasteiger partial charge in [-0.1, -0.05) is 0 Å². The zero-order chi connectivity index (χ0) is 20.8. The van der Waals surface area contributed by atoms with Crippen LogP contribution in [0.15, 0.2) is 36.4 Å². The summed E-state index contributed by atoms with van der Waals surface area (Å²) in [4.78, 5) is 16.7. The Kier molecular flexibility index (Phi) is 6.54. The van der Waals surface area contributed by atoms with Crippen molar-refractivity contribution < 1.29 is 23.7 Å². The van der Waals surface area contributed by atoms with Crippen LogP contribution in [0.3, 0.4) is 0 Å². The second-order valence-electron chi connectivity index (χ2n) is 6.51.